The molecule has 0 unspecified atom stereocenters. The lowest BCUT2D eigenvalue weighted by molar-refractivity contribution is 0.589. The van der Waals surface area contributed by atoms with Gasteiger partial charge in [-0.2, -0.15) is 0 Å². The molecule has 0 saturated carbocycles. The summed E-state index contributed by atoms with van der Waals surface area (Å²) in [5.41, 5.74) is 8.97. The molecule has 2 aromatic heterocycles. The normalized spacial score (nSPS) is 10.8. The highest BCUT2D eigenvalue weighted by Gasteiger charge is 2.04. The van der Waals surface area contributed by atoms with Gasteiger partial charge in [-0.3, -0.25) is 4.98 Å². The molecule has 0 atom stereocenters. The topological polar surface area (TPSA) is 51.8 Å². The van der Waals surface area contributed by atoms with Crippen LogP contribution in [0, 0.1) is 0 Å². The second-order valence-electron chi connectivity index (χ2n) is 5.87. The van der Waals surface area contributed by atoms with Gasteiger partial charge in [-0.1, -0.05) is 51.5 Å². The highest BCUT2D eigenvalue weighted by molar-refractivity contribution is 5.57. The monoisotopic (exact) mass is 297 g/mol. The highest BCUT2D eigenvalue weighted by atomic mass is 14.9. The molecule has 0 aromatic carbocycles. The molecule has 0 amide bonds. The fourth-order valence-corrected chi connectivity index (χ4v) is 2.69. The predicted molar refractivity (Wildman–Crippen MR) is 93.6 cm³/mol. The quantitative estimate of drug-likeness (QED) is 0.661. The lowest BCUT2D eigenvalue weighted by Gasteiger charge is -2.07. The summed E-state index contributed by atoms with van der Waals surface area (Å²) < 4.78 is 0. The molecule has 2 aromatic rings. The maximum atomic E-state index is 5.94. The lowest BCUT2D eigenvalue weighted by Crippen LogP contribution is -1.97. The average Bonchev–Trinajstić information content (AvgIpc) is 2.54. The molecule has 118 valence electrons. The van der Waals surface area contributed by atoms with E-state index in [0.717, 1.165) is 17.8 Å². The van der Waals surface area contributed by atoms with Crippen molar-refractivity contribution < 1.29 is 0 Å². The molecule has 0 spiro atoms. The van der Waals surface area contributed by atoms with E-state index < -0.39 is 0 Å². The first kappa shape index (κ1) is 16.5. The molecule has 3 heteroatoms. The molecular weight excluding hydrogens is 270 g/mol. The number of anilines is 1. The second kappa shape index (κ2) is 9.19. The predicted octanol–water partition coefficient (Wildman–Crippen LogP) is 5.02. The number of pyridine rings is 2. The van der Waals surface area contributed by atoms with Crippen molar-refractivity contribution in [3.05, 3.63) is 42.1 Å². The zero-order valence-electron chi connectivity index (χ0n) is 13.6. The fraction of sp³-hybridized carbons (Fsp3) is 0.474. The Morgan fingerprint density at radius 3 is 2.41 bits per heavy atom. The number of nitrogens with zero attached hydrogens (tertiary/aromatic N) is 2. The van der Waals surface area contributed by atoms with Crippen LogP contribution < -0.4 is 5.73 Å². The first-order valence-electron chi connectivity index (χ1n) is 8.47. The number of unbranched alkanes of at least 4 members (excludes halogenated alkanes) is 6. The minimum atomic E-state index is 0.584. The third-order valence-corrected chi connectivity index (χ3v) is 3.90. The van der Waals surface area contributed by atoms with Crippen molar-refractivity contribution in [2.24, 2.45) is 0 Å². The van der Waals surface area contributed by atoms with Gasteiger partial charge in [0.15, 0.2) is 0 Å². The molecule has 0 saturated heterocycles. The summed E-state index contributed by atoms with van der Waals surface area (Å²) in [5, 5.41) is 0. The van der Waals surface area contributed by atoms with Crippen LogP contribution in [-0.2, 0) is 6.42 Å². The Hall–Kier alpha value is -1.90. The van der Waals surface area contributed by atoms with Gasteiger partial charge in [-0.25, -0.2) is 4.98 Å². The van der Waals surface area contributed by atoms with Crippen molar-refractivity contribution in [3.63, 3.8) is 0 Å². The van der Waals surface area contributed by atoms with Crippen LogP contribution in [0.1, 0.15) is 57.4 Å². The number of hydrogen-bond donors (Lipinski definition) is 1. The van der Waals surface area contributed by atoms with E-state index in [0.29, 0.717) is 5.82 Å². The van der Waals surface area contributed by atoms with Gasteiger partial charge in [0, 0.05) is 6.20 Å². The summed E-state index contributed by atoms with van der Waals surface area (Å²) in [6.07, 6.45) is 12.1. The SMILES string of the molecule is CCCCCCCCCc1cc(N)nc(-c2ccccn2)c1. The van der Waals surface area contributed by atoms with E-state index in [4.69, 9.17) is 5.73 Å². The Balaban J connectivity index is 1.85. The van der Waals surface area contributed by atoms with Gasteiger partial charge in [-0.05, 0) is 42.7 Å². The van der Waals surface area contributed by atoms with Crippen LogP contribution in [0.2, 0.25) is 0 Å². The summed E-state index contributed by atoms with van der Waals surface area (Å²) in [7, 11) is 0. The van der Waals surface area contributed by atoms with Crippen molar-refractivity contribution in [2.45, 2.75) is 58.3 Å². The van der Waals surface area contributed by atoms with Crippen molar-refractivity contribution >= 4 is 5.82 Å². The Morgan fingerprint density at radius 2 is 1.68 bits per heavy atom. The Kier molecular flexibility index (Phi) is 6.88. The van der Waals surface area contributed by atoms with E-state index in [1.807, 2.05) is 24.3 Å². The van der Waals surface area contributed by atoms with E-state index in [2.05, 4.69) is 23.0 Å². The van der Waals surface area contributed by atoms with Gasteiger partial charge in [-0.15, -0.1) is 0 Å². The smallest absolute Gasteiger partial charge is 0.124 e. The third-order valence-electron chi connectivity index (χ3n) is 3.90. The molecule has 0 radical (unpaired) electrons. The number of aryl methyl sites for hydroxylation is 1. The molecule has 2 heterocycles. The van der Waals surface area contributed by atoms with Gasteiger partial charge in [0.25, 0.3) is 0 Å². The summed E-state index contributed by atoms with van der Waals surface area (Å²) in [5.74, 6) is 0.584. The Labute approximate surface area is 134 Å². The summed E-state index contributed by atoms with van der Waals surface area (Å²) in [4.78, 5) is 8.75. The van der Waals surface area contributed by atoms with Crippen molar-refractivity contribution in [1.29, 1.82) is 0 Å². The van der Waals surface area contributed by atoms with Crippen LogP contribution in [0.4, 0.5) is 5.82 Å². The molecule has 0 aliphatic carbocycles. The fourth-order valence-electron chi connectivity index (χ4n) is 2.69. The maximum absolute atomic E-state index is 5.94. The van der Waals surface area contributed by atoms with Crippen molar-refractivity contribution in [3.8, 4) is 11.4 Å². The number of rotatable bonds is 9. The van der Waals surface area contributed by atoms with Gasteiger partial charge in [0.05, 0.1) is 11.4 Å². The van der Waals surface area contributed by atoms with Crippen LogP contribution >= 0.6 is 0 Å². The lowest BCUT2D eigenvalue weighted by atomic mass is 10.0. The van der Waals surface area contributed by atoms with E-state index in [1.54, 1.807) is 6.20 Å². The van der Waals surface area contributed by atoms with Crippen LogP contribution in [0.15, 0.2) is 36.5 Å². The molecule has 0 bridgehead atoms. The van der Waals surface area contributed by atoms with Crippen molar-refractivity contribution in [1.82, 2.24) is 9.97 Å². The molecule has 2 N–H and O–H groups in total. The van der Waals surface area contributed by atoms with E-state index in [9.17, 15) is 0 Å². The minimum Gasteiger partial charge on any atom is -0.384 e. The van der Waals surface area contributed by atoms with E-state index in [1.165, 1.54) is 50.5 Å². The minimum absolute atomic E-state index is 0.584. The van der Waals surface area contributed by atoms with Gasteiger partial charge in [0.1, 0.15) is 5.82 Å². The van der Waals surface area contributed by atoms with Gasteiger partial charge >= 0.3 is 0 Å². The summed E-state index contributed by atoms with van der Waals surface area (Å²) in [6, 6.07) is 9.97. The molecular formula is C19H27N3. The van der Waals surface area contributed by atoms with Gasteiger partial charge in [0.2, 0.25) is 0 Å². The van der Waals surface area contributed by atoms with Crippen LogP contribution in [-0.4, -0.2) is 9.97 Å². The van der Waals surface area contributed by atoms with Crippen molar-refractivity contribution in [2.75, 3.05) is 5.73 Å². The number of nitrogen functional groups attached to an aromatic ring is 1. The third kappa shape index (κ3) is 5.47. The first-order chi connectivity index (χ1) is 10.8. The molecule has 0 aliphatic heterocycles. The number of nitrogens with two attached hydrogens (primary N) is 1. The number of hydrogen-bond acceptors (Lipinski definition) is 3. The Morgan fingerprint density at radius 1 is 0.909 bits per heavy atom. The van der Waals surface area contributed by atoms with Crippen LogP contribution in [0.25, 0.3) is 11.4 Å². The van der Waals surface area contributed by atoms with E-state index >= 15 is 0 Å². The molecule has 0 aliphatic rings. The largest absolute Gasteiger partial charge is 0.384 e. The molecule has 0 fully saturated rings. The molecule has 2 rings (SSSR count). The zero-order chi connectivity index (χ0) is 15.6. The molecule has 3 nitrogen and oxygen atoms in total. The van der Waals surface area contributed by atoms with E-state index in [-0.39, 0.29) is 0 Å². The second-order valence-corrected chi connectivity index (χ2v) is 5.87. The average molecular weight is 297 g/mol. The van der Waals surface area contributed by atoms with Crippen LogP contribution in [0.5, 0.6) is 0 Å². The summed E-state index contributed by atoms with van der Waals surface area (Å²) in [6.45, 7) is 2.26. The first-order valence-corrected chi connectivity index (χ1v) is 8.47. The van der Waals surface area contributed by atoms with Crippen LogP contribution in [0.3, 0.4) is 0 Å². The summed E-state index contributed by atoms with van der Waals surface area (Å²) >= 11 is 0. The van der Waals surface area contributed by atoms with Gasteiger partial charge < -0.3 is 5.73 Å². The molecule has 22 heavy (non-hydrogen) atoms. The maximum Gasteiger partial charge on any atom is 0.124 e. The highest BCUT2D eigenvalue weighted by Crippen LogP contribution is 2.19. The number of aromatic nitrogens is 2. The Bertz CT molecular complexity index is 552. The zero-order valence-corrected chi connectivity index (χ0v) is 13.6. The standard InChI is InChI=1S/C19H27N3/c1-2-3-4-5-6-7-8-11-16-14-18(22-19(20)15-16)17-12-9-10-13-21-17/h9-10,12-15H,2-8,11H2,1H3,(H2,20,22).